The zero-order valence-corrected chi connectivity index (χ0v) is 40.3. The monoisotopic (exact) mass is 859 g/mol. The van der Waals surface area contributed by atoms with Gasteiger partial charge in [0.25, 0.3) is 17.9 Å². The van der Waals surface area contributed by atoms with E-state index in [9.17, 15) is 14.4 Å². The van der Waals surface area contributed by atoms with E-state index in [1.807, 2.05) is 0 Å². The van der Waals surface area contributed by atoms with Gasteiger partial charge in [-0.3, -0.25) is 14.4 Å². The van der Waals surface area contributed by atoms with Crippen LogP contribution in [0.1, 0.15) is 213 Å². The minimum Gasteiger partial charge on any atom is -0.551 e. The zero-order chi connectivity index (χ0) is 44.4. The molecule has 0 atom stereocenters. The first-order valence-corrected chi connectivity index (χ1v) is 26.0. The first-order valence-electron chi connectivity index (χ1n) is 24.6. The molecular weight excluding hydrogens is 772 g/mol. The molecule has 0 aliphatic rings. The van der Waals surface area contributed by atoms with Crippen LogP contribution in [0.15, 0.2) is 109 Å². The quantitative estimate of drug-likeness (QED) is 0.0346. The molecule has 7 heteroatoms. The van der Waals surface area contributed by atoms with Crippen molar-refractivity contribution in [2.24, 2.45) is 0 Å². The molecule has 61 heavy (non-hydrogen) atoms. The third-order valence-electron chi connectivity index (χ3n) is 9.93. The fourth-order valence-electron chi connectivity index (χ4n) is 6.16. The topological polar surface area (TPSA) is 78.9 Å². The first-order chi connectivity index (χ1) is 30.0. The van der Waals surface area contributed by atoms with Crippen molar-refractivity contribution in [2.45, 2.75) is 213 Å². The summed E-state index contributed by atoms with van der Waals surface area (Å²) < 4.78 is 16.6. The van der Waals surface area contributed by atoms with Crippen molar-refractivity contribution in [2.75, 3.05) is 0 Å². The summed E-state index contributed by atoms with van der Waals surface area (Å²) in [5.74, 6) is -1.38. The van der Waals surface area contributed by atoms with Crippen molar-refractivity contribution in [1.29, 1.82) is 0 Å². The summed E-state index contributed by atoms with van der Waals surface area (Å²) in [6.07, 6.45) is 67.5. The van der Waals surface area contributed by atoms with Crippen LogP contribution in [0.4, 0.5) is 0 Å². The van der Waals surface area contributed by atoms with Crippen LogP contribution in [-0.4, -0.2) is 33.1 Å². The van der Waals surface area contributed by atoms with Gasteiger partial charge in [0.15, 0.2) is 0 Å². The van der Waals surface area contributed by atoms with Crippen LogP contribution in [0, 0.1) is 0 Å². The van der Waals surface area contributed by atoms with Gasteiger partial charge in [-0.05, 0) is 77.0 Å². The molecule has 0 spiro atoms. The highest BCUT2D eigenvalue weighted by atomic mass is 27.3. The number of rotatable bonds is 42. The van der Waals surface area contributed by atoms with Crippen molar-refractivity contribution < 1.29 is 25.7 Å². The van der Waals surface area contributed by atoms with Gasteiger partial charge in [-0.25, -0.2) is 0 Å². The predicted molar refractivity (Wildman–Crippen MR) is 262 cm³/mol. The molecule has 0 saturated heterocycles. The number of hydrogen-bond acceptors (Lipinski definition) is 6. The number of hydrogen-bond donors (Lipinski definition) is 0. The summed E-state index contributed by atoms with van der Waals surface area (Å²) in [7, 11) is 0. The second-order valence-corrected chi connectivity index (χ2v) is 17.1. The summed E-state index contributed by atoms with van der Waals surface area (Å²) >= 11 is -3.29. The van der Waals surface area contributed by atoms with Crippen molar-refractivity contribution in [3.05, 3.63) is 109 Å². The molecule has 0 aliphatic carbocycles. The summed E-state index contributed by atoms with van der Waals surface area (Å²) in [6.45, 7) is 6.62. The van der Waals surface area contributed by atoms with E-state index in [-0.39, 0.29) is 19.3 Å². The third kappa shape index (κ3) is 47.5. The Bertz CT molecular complexity index is 1140. The van der Waals surface area contributed by atoms with Crippen molar-refractivity contribution in [3.63, 3.8) is 0 Å². The summed E-state index contributed by atoms with van der Waals surface area (Å²) in [5, 5.41) is 0. The Morgan fingerprint density at radius 2 is 0.508 bits per heavy atom. The van der Waals surface area contributed by atoms with E-state index in [1.165, 1.54) is 38.5 Å². The second kappa shape index (κ2) is 49.3. The smallest absolute Gasteiger partial charge is 0.551 e. The highest BCUT2D eigenvalue weighted by molar-refractivity contribution is 6.44. The van der Waals surface area contributed by atoms with E-state index in [0.29, 0.717) is 19.3 Å². The molecule has 342 valence electrons. The van der Waals surface area contributed by atoms with Crippen LogP contribution in [-0.2, 0) is 25.7 Å². The van der Waals surface area contributed by atoms with Crippen molar-refractivity contribution >= 4 is 33.1 Å². The average Bonchev–Trinajstić information content (AvgIpc) is 3.25. The predicted octanol–water partition coefficient (Wildman–Crippen LogP) is 16.4. The van der Waals surface area contributed by atoms with Crippen molar-refractivity contribution in [3.8, 4) is 0 Å². The second-order valence-electron chi connectivity index (χ2n) is 15.8. The van der Waals surface area contributed by atoms with Gasteiger partial charge in [-0.1, -0.05) is 226 Å². The van der Waals surface area contributed by atoms with E-state index < -0.39 is 33.1 Å². The van der Waals surface area contributed by atoms with Crippen LogP contribution in [0.2, 0.25) is 0 Å². The van der Waals surface area contributed by atoms with E-state index in [4.69, 9.17) is 11.4 Å². The molecule has 0 fully saturated rings. The fourth-order valence-corrected chi connectivity index (χ4v) is 7.30. The molecule has 0 saturated carbocycles. The van der Waals surface area contributed by atoms with Gasteiger partial charge in [0.1, 0.15) is 0 Å². The number of unbranched alkanes of at least 4 members (excludes halogenated alkanes) is 21. The average molecular weight is 859 g/mol. The van der Waals surface area contributed by atoms with E-state index in [1.54, 1.807) is 0 Å². The Hall–Kier alpha value is -3.40. The van der Waals surface area contributed by atoms with Crippen LogP contribution in [0.25, 0.3) is 0 Å². The number of carbonyl (C=O) groups is 3. The van der Waals surface area contributed by atoms with Crippen LogP contribution in [0.3, 0.4) is 0 Å². The molecule has 0 aliphatic heterocycles. The fraction of sp³-hybridized carbons (Fsp3) is 0.611. The third-order valence-corrected chi connectivity index (χ3v) is 11.3. The molecule has 0 aromatic heterocycles. The maximum absolute atomic E-state index is 12.8. The first kappa shape index (κ1) is 57.6. The zero-order valence-electron chi connectivity index (χ0n) is 39.1. The molecule has 6 nitrogen and oxygen atoms in total. The lowest BCUT2D eigenvalue weighted by atomic mass is 10.1. The largest absolute Gasteiger partial charge is 1.20 e. The lowest BCUT2D eigenvalue weighted by Crippen LogP contribution is -2.34. The maximum atomic E-state index is 12.8. The number of carbonyl (C=O) groups excluding carboxylic acids is 3. The van der Waals surface area contributed by atoms with Gasteiger partial charge in [-0.15, -0.1) is 0 Å². The van der Waals surface area contributed by atoms with Gasteiger partial charge in [0.05, 0.1) is 0 Å². The summed E-state index contributed by atoms with van der Waals surface area (Å²) in [6, 6.07) is 0. The highest BCUT2D eigenvalue weighted by Gasteiger charge is 2.48. The van der Waals surface area contributed by atoms with Gasteiger partial charge in [-0.2, -0.15) is 0 Å². The Morgan fingerprint density at radius 3 is 0.754 bits per heavy atom. The standard InChI is InChI=1S/3C18H30O2.Al/c3*1-2-3-4-5-6-7-8-9-10-11-12-13-14-15-16-17-18(19)20;/h3*5-10H,2-4,11-17H2,1H3,(H,19,20);/q;;;+3/p-3. The van der Waals surface area contributed by atoms with Gasteiger partial charge in [0.2, 0.25) is 0 Å². The number of allylic oxidation sites excluding steroid dienone is 18. The Labute approximate surface area is 379 Å². The molecule has 0 N–H and O–H groups in total. The highest BCUT2D eigenvalue weighted by Crippen LogP contribution is 2.13. The molecule has 0 rings (SSSR count). The SMILES string of the molecule is CCCCC=CC=CC=CCCCCCCCC(=O)[O][Al]([O]C(=O)CCCCCCCC=CC=CC=CCCCC)[O]C(=O)CCCCCCCC=CC=CC=CCCCC. The minimum absolute atomic E-state index is 0.220. The van der Waals surface area contributed by atoms with Crippen LogP contribution >= 0.6 is 0 Å². The minimum atomic E-state index is -3.29. The molecule has 0 aromatic rings. The summed E-state index contributed by atoms with van der Waals surface area (Å²) in [5.41, 5.74) is 0. The van der Waals surface area contributed by atoms with Gasteiger partial charge >= 0.3 is 15.1 Å². The Kier molecular flexibility index (Phi) is 46.5. The molecule has 0 bridgehead atoms. The molecule has 0 unspecified atom stereocenters. The molecule has 0 radical (unpaired) electrons. The molecular formula is C54H87AlO6. The molecule has 0 aromatic carbocycles. The van der Waals surface area contributed by atoms with E-state index >= 15 is 0 Å². The van der Waals surface area contributed by atoms with E-state index in [2.05, 4.69) is 130 Å². The van der Waals surface area contributed by atoms with Gasteiger partial charge in [0, 0.05) is 19.3 Å². The summed E-state index contributed by atoms with van der Waals surface area (Å²) in [4.78, 5) is 38.3. The maximum Gasteiger partial charge on any atom is 1.20 e. The molecule has 0 heterocycles. The van der Waals surface area contributed by atoms with E-state index in [0.717, 1.165) is 116 Å². The Morgan fingerprint density at radius 1 is 0.295 bits per heavy atom. The van der Waals surface area contributed by atoms with Crippen molar-refractivity contribution in [1.82, 2.24) is 0 Å². The lowest BCUT2D eigenvalue weighted by molar-refractivity contribution is -0.148. The molecule has 0 amide bonds. The van der Waals surface area contributed by atoms with Crippen LogP contribution < -0.4 is 0 Å². The Balaban J connectivity index is 4.56. The van der Waals surface area contributed by atoms with Crippen LogP contribution in [0.5, 0.6) is 0 Å². The lowest BCUT2D eigenvalue weighted by Gasteiger charge is -2.14. The normalized spacial score (nSPS) is 12.4. The van der Waals surface area contributed by atoms with Gasteiger partial charge < -0.3 is 11.4 Å².